The summed E-state index contributed by atoms with van der Waals surface area (Å²) < 4.78 is 0. The van der Waals surface area contributed by atoms with Crippen LogP contribution in [0.25, 0.3) is 10.2 Å². The zero-order valence-electron chi connectivity index (χ0n) is 15.5. The molecule has 7 heteroatoms. The number of aryl methyl sites for hydroxylation is 2. The van der Waals surface area contributed by atoms with Crippen LogP contribution in [0, 0.1) is 11.8 Å². The standard InChI is InChI=1S/C19H26N4OS2/c1-11-7-12(2)9-23(8-11)15(24)10-25-19-21-17(20)16-13-5-3-4-6-14(13)26-18(16)22-19/h11-12H,3-10H2,1-2H3,(H2,20,21,22). The molecule has 2 aromatic rings. The minimum atomic E-state index is 0.182. The molecule has 2 atom stereocenters. The molecule has 1 fully saturated rings. The second-order valence-electron chi connectivity index (χ2n) is 7.82. The molecule has 140 valence electrons. The Hall–Kier alpha value is -1.34. The van der Waals surface area contributed by atoms with Gasteiger partial charge in [0.15, 0.2) is 5.16 Å². The molecular formula is C19H26N4OS2. The first-order chi connectivity index (χ1) is 12.5. The minimum absolute atomic E-state index is 0.182. The van der Waals surface area contributed by atoms with E-state index >= 15 is 0 Å². The van der Waals surface area contributed by atoms with E-state index in [1.54, 1.807) is 11.3 Å². The van der Waals surface area contributed by atoms with Crippen molar-refractivity contribution in [2.45, 2.75) is 51.1 Å². The summed E-state index contributed by atoms with van der Waals surface area (Å²) in [4.78, 5) is 26.2. The highest BCUT2D eigenvalue weighted by Crippen LogP contribution is 2.38. The SMILES string of the molecule is CC1CC(C)CN(C(=O)CSc2nc(N)c3c4c(sc3n2)CCCC4)C1. The van der Waals surface area contributed by atoms with Crippen molar-refractivity contribution in [1.29, 1.82) is 0 Å². The van der Waals surface area contributed by atoms with Crippen LogP contribution in [-0.4, -0.2) is 39.6 Å². The molecule has 5 nitrogen and oxygen atoms in total. The molecule has 1 aliphatic heterocycles. The van der Waals surface area contributed by atoms with Gasteiger partial charge in [-0.2, -0.15) is 0 Å². The third-order valence-corrected chi connectivity index (χ3v) is 7.39. The Kier molecular flexibility index (Phi) is 5.10. The highest BCUT2D eigenvalue weighted by atomic mass is 32.2. The lowest BCUT2D eigenvalue weighted by atomic mass is 9.92. The second-order valence-corrected chi connectivity index (χ2v) is 9.84. The molecule has 0 aromatic carbocycles. The largest absolute Gasteiger partial charge is 0.383 e. The van der Waals surface area contributed by atoms with Crippen LogP contribution >= 0.6 is 23.1 Å². The zero-order chi connectivity index (χ0) is 18.3. The lowest BCUT2D eigenvalue weighted by molar-refractivity contribution is -0.130. The van der Waals surface area contributed by atoms with E-state index in [1.165, 1.54) is 41.5 Å². The molecule has 3 heterocycles. The number of piperidine rings is 1. The molecule has 1 saturated heterocycles. The van der Waals surface area contributed by atoms with Gasteiger partial charge in [-0.25, -0.2) is 9.97 Å². The van der Waals surface area contributed by atoms with Gasteiger partial charge in [-0.15, -0.1) is 11.3 Å². The van der Waals surface area contributed by atoms with Crippen molar-refractivity contribution in [2.24, 2.45) is 11.8 Å². The molecule has 2 unspecified atom stereocenters. The molecule has 4 rings (SSSR count). The highest BCUT2D eigenvalue weighted by Gasteiger charge is 2.26. The van der Waals surface area contributed by atoms with Gasteiger partial charge in [0.1, 0.15) is 10.6 Å². The van der Waals surface area contributed by atoms with Crippen molar-refractivity contribution >= 4 is 45.0 Å². The van der Waals surface area contributed by atoms with E-state index in [2.05, 4.69) is 18.8 Å². The fourth-order valence-corrected chi connectivity index (χ4v) is 6.39. The minimum Gasteiger partial charge on any atom is -0.383 e. The Labute approximate surface area is 162 Å². The topological polar surface area (TPSA) is 72.1 Å². The first kappa shape index (κ1) is 18.0. The molecular weight excluding hydrogens is 364 g/mol. The van der Waals surface area contributed by atoms with Crippen molar-refractivity contribution in [3.63, 3.8) is 0 Å². The zero-order valence-corrected chi connectivity index (χ0v) is 17.1. The fraction of sp³-hybridized carbons (Fsp3) is 0.632. The summed E-state index contributed by atoms with van der Waals surface area (Å²) in [5.41, 5.74) is 7.62. The molecule has 26 heavy (non-hydrogen) atoms. The Morgan fingerprint density at radius 1 is 1.23 bits per heavy atom. The van der Waals surface area contributed by atoms with Gasteiger partial charge in [0, 0.05) is 18.0 Å². The predicted molar refractivity (Wildman–Crippen MR) is 109 cm³/mol. The van der Waals surface area contributed by atoms with Gasteiger partial charge in [-0.05, 0) is 49.5 Å². The molecule has 0 spiro atoms. The molecule has 1 amide bonds. The van der Waals surface area contributed by atoms with Crippen LogP contribution in [0.1, 0.15) is 43.6 Å². The van der Waals surface area contributed by atoms with Crippen LogP contribution in [0.2, 0.25) is 0 Å². The first-order valence-corrected chi connectivity index (χ1v) is 11.3. The van der Waals surface area contributed by atoms with Crippen molar-refractivity contribution in [2.75, 3.05) is 24.6 Å². The van der Waals surface area contributed by atoms with Gasteiger partial charge in [0.25, 0.3) is 0 Å². The third kappa shape index (κ3) is 3.56. The van der Waals surface area contributed by atoms with Gasteiger partial charge in [0.05, 0.1) is 11.1 Å². The van der Waals surface area contributed by atoms with Crippen LogP contribution in [0.15, 0.2) is 5.16 Å². The number of thioether (sulfide) groups is 1. The van der Waals surface area contributed by atoms with Gasteiger partial charge in [-0.3, -0.25) is 4.79 Å². The summed E-state index contributed by atoms with van der Waals surface area (Å²) in [6.45, 7) is 6.17. The monoisotopic (exact) mass is 390 g/mol. The van der Waals surface area contributed by atoms with Crippen LogP contribution in [0.5, 0.6) is 0 Å². The maximum absolute atomic E-state index is 12.6. The number of amides is 1. The number of nitrogen functional groups attached to an aromatic ring is 1. The number of anilines is 1. The average molecular weight is 391 g/mol. The number of hydrogen-bond donors (Lipinski definition) is 1. The predicted octanol–water partition coefficient (Wildman–Crippen LogP) is 3.75. The number of carbonyl (C=O) groups excluding carboxylic acids is 1. The molecule has 1 aliphatic carbocycles. The summed E-state index contributed by atoms with van der Waals surface area (Å²) in [7, 11) is 0. The van der Waals surface area contributed by atoms with Crippen LogP contribution < -0.4 is 5.73 Å². The van der Waals surface area contributed by atoms with Crippen LogP contribution in [0.4, 0.5) is 5.82 Å². The normalized spacial score (nSPS) is 23.2. The number of fused-ring (bicyclic) bond motifs is 3. The quantitative estimate of drug-likeness (QED) is 0.638. The summed E-state index contributed by atoms with van der Waals surface area (Å²) in [6.07, 6.45) is 5.88. The Morgan fingerprint density at radius 2 is 1.96 bits per heavy atom. The Bertz CT molecular complexity index is 825. The molecule has 2 aliphatic rings. The summed E-state index contributed by atoms with van der Waals surface area (Å²) in [6, 6.07) is 0. The average Bonchev–Trinajstić information content (AvgIpc) is 2.97. The van der Waals surface area contributed by atoms with Gasteiger partial charge in [-0.1, -0.05) is 25.6 Å². The van der Waals surface area contributed by atoms with Crippen molar-refractivity contribution in [3.05, 3.63) is 10.4 Å². The van der Waals surface area contributed by atoms with E-state index in [0.717, 1.165) is 36.1 Å². The van der Waals surface area contributed by atoms with E-state index in [9.17, 15) is 4.79 Å². The molecule has 2 N–H and O–H groups in total. The van der Waals surface area contributed by atoms with E-state index < -0.39 is 0 Å². The summed E-state index contributed by atoms with van der Waals surface area (Å²) in [5, 5.41) is 1.68. The number of aromatic nitrogens is 2. The maximum atomic E-state index is 12.6. The lowest BCUT2D eigenvalue weighted by Gasteiger charge is -2.34. The van der Waals surface area contributed by atoms with Crippen LogP contribution in [-0.2, 0) is 17.6 Å². The summed E-state index contributed by atoms with van der Waals surface area (Å²) in [5.74, 6) is 2.29. The van der Waals surface area contributed by atoms with Crippen molar-refractivity contribution < 1.29 is 4.79 Å². The van der Waals surface area contributed by atoms with E-state index in [4.69, 9.17) is 10.7 Å². The van der Waals surface area contributed by atoms with E-state index in [1.807, 2.05) is 4.90 Å². The van der Waals surface area contributed by atoms with E-state index in [0.29, 0.717) is 28.6 Å². The molecule has 0 bridgehead atoms. The lowest BCUT2D eigenvalue weighted by Crippen LogP contribution is -2.43. The first-order valence-electron chi connectivity index (χ1n) is 9.49. The maximum Gasteiger partial charge on any atom is 0.233 e. The number of likely N-dealkylation sites (tertiary alicyclic amines) is 1. The van der Waals surface area contributed by atoms with Crippen molar-refractivity contribution in [1.82, 2.24) is 14.9 Å². The second kappa shape index (κ2) is 7.35. The number of nitrogens with zero attached hydrogens (tertiary/aromatic N) is 3. The summed E-state index contributed by atoms with van der Waals surface area (Å²) >= 11 is 3.16. The number of hydrogen-bond acceptors (Lipinski definition) is 6. The molecule has 0 saturated carbocycles. The number of rotatable bonds is 3. The Balaban J connectivity index is 1.48. The van der Waals surface area contributed by atoms with Crippen LogP contribution in [0.3, 0.4) is 0 Å². The van der Waals surface area contributed by atoms with Gasteiger partial charge >= 0.3 is 0 Å². The van der Waals surface area contributed by atoms with Gasteiger partial charge in [0.2, 0.25) is 5.91 Å². The van der Waals surface area contributed by atoms with Gasteiger partial charge < -0.3 is 10.6 Å². The molecule has 0 radical (unpaired) electrons. The fourth-order valence-electron chi connectivity index (χ4n) is 4.31. The number of carbonyl (C=O) groups is 1. The molecule has 2 aromatic heterocycles. The highest BCUT2D eigenvalue weighted by molar-refractivity contribution is 7.99. The number of nitrogens with two attached hydrogens (primary N) is 1. The number of thiophene rings is 1. The smallest absolute Gasteiger partial charge is 0.233 e. The third-order valence-electron chi connectivity index (χ3n) is 5.37. The van der Waals surface area contributed by atoms with Crippen molar-refractivity contribution in [3.8, 4) is 0 Å². The van der Waals surface area contributed by atoms with E-state index in [-0.39, 0.29) is 5.91 Å². The Morgan fingerprint density at radius 3 is 2.73 bits per heavy atom.